The molecule has 2 aliphatic rings. The summed E-state index contributed by atoms with van der Waals surface area (Å²) in [7, 11) is 0. The molecule has 2 atom stereocenters. The molecule has 1 N–H and O–H groups in total. The van der Waals surface area contributed by atoms with E-state index in [0.717, 1.165) is 18.8 Å². The molecule has 0 aromatic heterocycles. The summed E-state index contributed by atoms with van der Waals surface area (Å²) in [6.07, 6.45) is 1.86. The third-order valence-corrected chi connectivity index (χ3v) is 6.36. The lowest BCUT2D eigenvalue weighted by atomic mass is 9.81. The molecule has 28 heavy (non-hydrogen) atoms. The van der Waals surface area contributed by atoms with E-state index in [4.69, 9.17) is 4.99 Å². The number of likely N-dealkylation sites (tertiary alicyclic amines) is 1. The number of hydrogen-bond donors (Lipinski definition) is 1. The first-order chi connectivity index (χ1) is 13.6. The summed E-state index contributed by atoms with van der Waals surface area (Å²) in [5.41, 5.74) is 0.477. The molecule has 2 aliphatic heterocycles. The second-order valence-corrected chi connectivity index (χ2v) is 8.14. The number of benzene rings is 2. The van der Waals surface area contributed by atoms with Gasteiger partial charge in [-0.25, -0.2) is 9.38 Å². The Labute approximate surface area is 168 Å². The van der Waals surface area contributed by atoms with E-state index in [1.54, 1.807) is 18.2 Å². The third kappa shape index (κ3) is 3.50. The van der Waals surface area contributed by atoms with Gasteiger partial charge in [0, 0.05) is 42.4 Å². The first kappa shape index (κ1) is 18.9. The number of hydrogen-bond acceptors (Lipinski definition) is 4. The van der Waals surface area contributed by atoms with Crippen molar-refractivity contribution in [3.63, 3.8) is 0 Å². The van der Waals surface area contributed by atoms with Gasteiger partial charge in [0.2, 0.25) is 0 Å². The summed E-state index contributed by atoms with van der Waals surface area (Å²) in [6, 6.07) is 15.9. The molecule has 1 unspecified atom stereocenters. The Morgan fingerprint density at radius 2 is 2.04 bits per heavy atom. The van der Waals surface area contributed by atoms with Crippen LogP contribution in [0.15, 0.2) is 72.2 Å². The van der Waals surface area contributed by atoms with Gasteiger partial charge in [0.05, 0.1) is 0 Å². The molecule has 0 bridgehead atoms. The summed E-state index contributed by atoms with van der Waals surface area (Å²) >= 11 is 1.52. The number of thioether (sulfide) groups is 1. The SMILES string of the molecule is C=CCN1C[C@H]2CSC(NC(=O)c3ccccc3)=NC2(c2ccccc2F)C1. The van der Waals surface area contributed by atoms with E-state index in [2.05, 4.69) is 16.8 Å². The van der Waals surface area contributed by atoms with Crippen LogP contribution in [0.25, 0.3) is 0 Å². The van der Waals surface area contributed by atoms with Gasteiger partial charge in [0.1, 0.15) is 11.4 Å². The Kier molecular flexibility index (Phi) is 5.33. The smallest absolute Gasteiger partial charge is 0.257 e. The Hall–Kier alpha value is -2.44. The van der Waals surface area contributed by atoms with Gasteiger partial charge in [-0.05, 0) is 18.2 Å². The van der Waals surface area contributed by atoms with Crippen LogP contribution < -0.4 is 5.32 Å². The van der Waals surface area contributed by atoms with E-state index < -0.39 is 5.54 Å². The number of nitrogens with zero attached hydrogens (tertiary/aromatic N) is 2. The molecule has 4 nitrogen and oxygen atoms in total. The fourth-order valence-corrected chi connectivity index (χ4v) is 5.16. The van der Waals surface area contributed by atoms with Crippen LogP contribution in [0.1, 0.15) is 15.9 Å². The molecule has 0 spiro atoms. The number of carbonyl (C=O) groups is 1. The normalized spacial score (nSPS) is 24.3. The maximum absolute atomic E-state index is 14.8. The van der Waals surface area contributed by atoms with Gasteiger partial charge in [-0.2, -0.15) is 0 Å². The second-order valence-electron chi connectivity index (χ2n) is 7.13. The number of carbonyl (C=O) groups excluding carboxylic acids is 1. The summed E-state index contributed by atoms with van der Waals surface area (Å²) in [5.74, 6) is 0.495. The molecule has 1 amide bonds. The monoisotopic (exact) mass is 395 g/mol. The Balaban J connectivity index is 1.69. The van der Waals surface area contributed by atoms with E-state index in [9.17, 15) is 9.18 Å². The maximum atomic E-state index is 14.8. The number of amidine groups is 1. The fourth-order valence-electron chi connectivity index (χ4n) is 4.03. The van der Waals surface area contributed by atoms with Crippen LogP contribution in [-0.4, -0.2) is 41.4 Å². The van der Waals surface area contributed by atoms with Crippen LogP contribution >= 0.6 is 11.8 Å². The van der Waals surface area contributed by atoms with Gasteiger partial charge < -0.3 is 5.32 Å². The van der Waals surface area contributed by atoms with Crippen molar-refractivity contribution in [2.45, 2.75) is 5.54 Å². The molecule has 1 saturated heterocycles. The molecule has 0 radical (unpaired) electrons. The Bertz CT molecular complexity index is 917. The zero-order chi connectivity index (χ0) is 19.6. The molecule has 6 heteroatoms. The molecule has 2 heterocycles. The van der Waals surface area contributed by atoms with E-state index in [0.29, 0.717) is 22.8 Å². The van der Waals surface area contributed by atoms with Crippen molar-refractivity contribution >= 4 is 22.8 Å². The summed E-state index contributed by atoms with van der Waals surface area (Å²) < 4.78 is 14.8. The minimum Gasteiger partial charge on any atom is -0.301 e. The van der Waals surface area contributed by atoms with E-state index >= 15 is 0 Å². The largest absolute Gasteiger partial charge is 0.301 e. The number of fused-ring (bicyclic) bond motifs is 1. The zero-order valence-electron chi connectivity index (χ0n) is 15.5. The minimum absolute atomic E-state index is 0.173. The lowest BCUT2D eigenvalue weighted by molar-refractivity contribution is 0.0977. The van der Waals surface area contributed by atoms with Gasteiger partial charge in [0.25, 0.3) is 5.91 Å². The van der Waals surface area contributed by atoms with Crippen molar-refractivity contribution in [2.75, 3.05) is 25.4 Å². The summed E-state index contributed by atoms with van der Waals surface area (Å²) in [6.45, 7) is 6.00. The maximum Gasteiger partial charge on any atom is 0.257 e. The third-order valence-electron chi connectivity index (χ3n) is 5.32. The first-order valence-electron chi connectivity index (χ1n) is 9.30. The molecule has 0 aliphatic carbocycles. The summed E-state index contributed by atoms with van der Waals surface area (Å²) in [5, 5.41) is 3.47. The van der Waals surface area contributed by atoms with Crippen molar-refractivity contribution in [3.05, 3.63) is 84.2 Å². The molecule has 144 valence electrons. The highest BCUT2D eigenvalue weighted by molar-refractivity contribution is 8.13. The standard InChI is InChI=1S/C22H22FN3OS/c1-2-12-26-13-17-14-28-21(24-20(27)16-8-4-3-5-9-16)25-22(17,15-26)18-10-6-7-11-19(18)23/h2-11,17H,1,12-15H2,(H,24,25,27)/t17-,22?/m0/s1. The number of nitrogens with one attached hydrogen (secondary N) is 1. The molecule has 1 fully saturated rings. The molecular weight excluding hydrogens is 373 g/mol. The molecule has 4 rings (SSSR count). The van der Waals surface area contributed by atoms with Crippen LogP contribution in [0.3, 0.4) is 0 Å². The topological polar surface area (TPSA) is 44.7 Å². The van der Waals surface area contributed by atoms with Crippen molar-refractivity contribution in [3.8, 4) is 0 Å². The number of amides is 1. The molecule has 0 saturated carbocycles. The minimum atomic E-state index is -0.696. The van der Waals surface area contributed by atoms with Crippen LogP contribution in [0.4, 0.5) is 4.39 Å². The summed E-state index contributed by atoms with van der Waals surface area (Å²) in [4.78, 5) is 19.8. The molecular formula is C22H22FN3OS. The highest BCUT2D eigenvalue weighted by Gasteiger charge is 2.51. The van der Waals surface area contributed by atoms with Gasteiger partial charge in [-0.3, -0.25) is 9.69 Å². The molecule has 2 aromatic rings. The van der Waals surface area contributed by atoms with Crippen molar-refractivity contribution < 1.29 is 9.18 Å². The highest BCUT2D eigenvalue weighted by atomic mass is 32.2. The molecule has 2 aromatic carbocycles. The van der Waals surface area contributed by atoms with Crippen LogP contribution in [-0.2, 0) is 5.54 Å². The van der Waals surface area contributed by atoms with Crippen LogP contribution in [0.5, 0.6) is 0 Å². The van der Waals surface area contributed by atoms with Gasteiger partial charge in [-0.15, -0.1) is 6.58 Å². The van der Waals surface area contributed by atoms with Crippen molar-refractivity contribution in [1.29, 1.82) is 0 Å². The second kappa shape index (κ2) is 7.89. The Morgan fingerprint density at radius 3 is 2.79 bits per heavy atom. The van der Waals surface area contributed by atoms with Crippen molar-refractivity contribution in [1.82, 2.24) is 10.2 Å². The highest BCUT2D eigenvalue weighted by Crippen LogP contribution is 2.46. The first-order valence-corrected chi connectivity index (χ1v) is 10.3. The number of halogens is 1. The van der Waals surface area contributed by atoms with Crippen LogP contribution in [0, 0.1) is 11.7 Å². The van der Waals surface area contributed by atoms with E-state index in [-0.39, 0.29) is 17.6 Å². The lowest BCUT2D eigenvalue weighted by Crippen LogP contribution is -2.43. The zero-order valence-corrected chi connectivity index (χ0v) is 16.3. The predicted octanol–water partition coefficient (Wildman–Crippen LogP) is 3.67. The van der Waals surface area contributed by atoms with E-state index in [1.807, 2.05) is 36.4 Å². The fraction of sp³-hybridized carbons (Fsp3) is 0.273. The van der Waals surface area contributed by atoms with E-state index in [1.165, 1.54) is 17.8 Å². The Morgan fingerprint density at radius 1 is 1.29 bits per heavy atom. The number of rotatable bonds is 4. The van der Waals surface area contributed by atoms with Crippen molar-refractivity contribution in [2.24, 2.45) is 10.9 Å². The van der Waals surface area contributed by atoms with Gasteiger partial charge in [-0.1, -0.05) is 54.2 Å². The average molecular weight is 396 g/mol. The van der Waals surface area contributed by atoms with Gasteiger partial charge >= 0.3 is 0 Å². The predicted molar refractivity (Wildman–Crippen MR) is 112 cm³/mol. The lowest BCUT2D eigenvalue weighted by Gasteiger charge is -2.35. The van der Waals surface area contributed by atoms with Crippen LogP contribution in [0.2, 0.25) is 0 Å². The average Bonchev–Trinajstić information content (AvgIpc) is 3.07. The quantitative estimate of drug-likeness (QED) is 0.804. The van der Waals surface area contributed by atoms with Gasteiger partial charge in [0.15, 0.2) is 5.17 Å². The number of aliphatic imine (C=N–C) groups is 1.